The van der Waals surface area contributed by atoms with Crippen molar-refractivity contribution in [1.82, 2.24) is 25.2 Å². The number of pyridine rings is 1. The van der Waals surface area contributed by atoms with Crippen molar-refractivity contribution in [2.24, 2.45) is 4.99 Å². The Kier molecular flexibility index (Phi) is 5.70. The Hall–Kier alpha value is -1.96. The van der Waals surface area contributed by atoms with Crippen LogP contribution in [-0.2, 0) is 17.3 Å². The van der Waals surface area contributed by atoms with E-state index in [0.717, 1.165) is 11.5 Å². The minimum Gasteiger partial charge on any atom is -0.355 e. The summed E-state index contributed by atoms with van der Waals surface area (Å²) in [5.74, 6) is 2.04. The van der Waals surface area contributed by atoms with Gasteiger partial charge < -0.3 is 10.6 Å². The van der Waals surface area contributed by atoms with Gasteiger partial charge in [-0.25, -0.2) is 0 Å². The summed E-state index contributed by atoms with van der Waals surface area (Å²) in [5.41, 5.74) is 0.813. The number of fused-ring (bicyclic) bond motifs is 1. The van der Waals surface area contributed by atoms with Gasteiger partial charge in [-0.2, -0.15) is 0 Å². The van der Waals surface area contributed by atoms with Crippen molar-refractivity contribution in [1.29, 1.82) is 0 Å². The molecule has 8 heteroatoms. The number of hydrogen-bond donors (Lipinski definition) is 2. The van der Waals surface area contributed by atoms with Gasteiger partial charge in [-0.1, -0.05) is 6.07 Å². The normalized spacial score (nSPS) is 14.0. The number of rotatable bonds is 5. The molecule has 7 nitrogen and oxygen atoms in total. The van der Waals surface area contributed by atoms with Crippen molar-refractivity contribution in [3.8, 4) is 0 Å². The molecule has 0 saturated heterocycles. The van der Waals surface area contributed by atoms with Crippen molar-refractivity contribution < 1.29 is 4.21 Å². The fraction of sp³-hybridized carbons (Fsp3) is 0.533. The zero-order valence-electron chi connectivity index (χ0n) is 14.0. The van der Waals surface area contributed by atoms with Crippen LogP contribution in [0.4, 0.5) is 0 Å². The van der Waals surface area contributed by atoms with Gasteiger partial charge >= 0.3 is 0 Å². The van der Waals surface area contributed by atoms with E-state index in [0.29, 0.717) is 24.8 Å². The fourth-order valence-electron chi connectivity index (χ4n) is 1.96. The first-order valence-corrected chi connectivity index (χ1v) is 8.85. The molecule has 2 aromatic heterocycles. The average molecular weight is 336 g/mol. The molecule has 2 rings (SSSR count). The van der Waals surface area contributed by atoms with Crippen LogP contribution in [-0.4, -0.2) is 48.9 Å². The molecule has 2 aromatic rings. The first kappa shape index (κ1) is 17.4. The lowest BCUT2D eigenvalue weighted by Crippen LogP contribution is -2.40. The van der Waals surface area contributed by atoms with E-state index in [-0.39, 0.29) is 4.75 Å². The number of nitrogens with zero attached hydrogens (tertiary/aromatic N) is 4. The largest absolute Gasteiger partial charge is 0.355 e. The summed E-state index contributed by atoms with van der Waals surface area (Å²) in [6, 6.07) is 5.77. The summed E-state index contributed by atoms with van der Waals surface area (Å²) < 4.78 is 13.7. The van der Waals surface area contributed by atoms with E-state index in [1.807, 2.05) is 49.6 Å². The highest BCUT2D eigenvalue weighted by molar-refractivity contribution is 7.86. The van der Waals surface area contributed by atoms with Crippen LogP contribution in [0.5, 0.6) is 0 Å². The summed E-state index contributed by atoms with van der Waals surface area (Å²) in [6.45, 7) is 7.04. The Morgan fingerprint density at radius 2 is 2.09 bits per heavy atom. The molecule has 0 spiro atoms. The summed E-state index contributed by atoms with van der Waals surface area (Å²) in [7, 11) is 0.827. The fourth-order valence-corrected chi connectivity index (χ4v) is 2.86. The predicted octanol–water partition coefficient (Wildman–Crippen LogP) is 0.942. The second-order valence-corrected chi connectivity index (χ2v) is 8.38. The van der Waals surface area contributed by atoms with Gasteiger partial charge in [0.1, 0.15) is 0 Å². The number of nitrogens with one attached hydrogen (secondary N) is 2. The molecule has 1 unspecified atom stereocenters. The quantitative estimate of drug-likeness (QED) is 0.627. The first-order valence-electron chi connectivity index (χ1n) is 7.53. The summed E-state index contributed by atoms with van der Waals surface area (Å²) in [5, 5.41) is 14.6. The molecular formula is C15H24N6OS. The third kappa shape index (κ3) is 4.75. The summed E-state index contributed by atoms with van der Waals surface area (Å²) in [6.07, 6.45) is 1.93. The number of aliphatic imine (C=N–C) groups is 1. The van der Waals surface area contributed by atoms with Gasteiger partial charge in [-0.3, -0.25) is 13.6 Å². The molecule has 0 aliphatic rings. The van der Waals surface area contributed by atoms with Crippen molar-refractivity contribution in [2.75, 3.05) is 19.3 Å². The second-order valence-electron chi connectivity index (χ2n) is 6.06. The average Bonchev–Trinajstić information content (AvgIpc) is 2.93. The molecule has 0 bridgehead atoms. The van der Waals surface area contributed by atoms with E-state index in [1.54, 1.807) is 7.05 Å². The number of aromatic nitrogens is 3. The predicted molar refractivity (Wildman–Crippen MR) is 94.0 cm³/mol. The van der Waals surface area contributed by atoms with Crippen molar-refractivity contribution in [3.05, 3.63) is 30.2 Å². The van der Waals surface area contributed by atoms with Crippen LogP contribution >= 0.6 is 0 Å². The zero-order valence-corrected chi connectivity index (χ0v) is 14.9. The molecule has 0 aromatic carbocycles. The molecule has 2 heterocycles. The van der Waals surface area contributed by atoms with Gasteiger partial charge in [0, 0.05) is 41.1 Å². The van der Waals surface area contributed by atoms with Gasteiger partial charge in [0.2, 0.25) is 0 Å². The second kappa shape index (κ2) is 7.54. The molecule has 126 valence electrons. The van der Waals surface area contributed by atoms with Crippen molar-refractivity contribution in [2.45, 2.75) is 32.1 Å². The molecule has 2 N–H and O–H groups in total. The lowest BCUT2D eigenvalue weighted by molar-refractivity contribution is 0.646. The highest BCUT2D eigenvalue weighted by Crippen LogP contribution is 2.10. The third-order valence-corrected chi connectivity index (χ3v) is 5.23. The molecule has 0 aliphatic carbocycles. The lowest BCUT2D eigenvalue weighted by atomic mass is 10.3. The molecule has 0 saturated carbocycles. The molecule has 0 fully saturated rings. The Morgan fingerprint density at radius 3 is 2.78 bits per heavy atom. The van der Waals surface area contributed by atoms with Gasteiger partial charge in [-0.05, 0) is 32.9 Å². The van der Waals surface area contributed by atoms with Crippen LogP contribution in [0.3, 0.4) is 0 Å². The molecule has 0 aliphatic heterocycles. The van der Waals surface area contributed by atoms with E-state index in [4.69, 9.17) is 0 Å². The maximum absolute atomic E-state index is 12.0. The van der Waals surface area contributed by atoms with Crippen LogP contribution in [0.1, 0.15) is 26.6 Å². The topological polar surface area (TPSA) is 83.7 Å². The Balaban J connectivity index is 1.85. The summed E-state index contributed by atoms with van der Waals surface area (Å²) in [4.78, 5) is 4.16. The van der Waals surface area contributed by atoms with E-state index in [1.165, 1.54) is 0 Å². The van der Waals surface area contributed by atoms with Crippen LogP contribution in [0.15, 0.2) is 29.4 Å². The number of guanidine groups is 1. The highest BCUT2D eigenvalue weighted by Gasteiger charge is 2.18. The zero-order chi connectivity index (χ0) is 16.9. The minimum atomic E-state index is -0.880. The highest BCUT2D eigenvalue weighted by atomic mass is 32.2. The standard InChI is InChI=1S/C15H24N6OS/c1-15(2,3)23(22)10-8-17-14(16-4)18-11-13-20-19-12-7-5-6-9-21(12)13/h5-7,9H,8,10-11H2,1-4H3,(H2,16,17,18). The Morgan fingerprint density at radius 1 is 1.30 bits per heavy atom. The lowest BCUT2D eigenvalue weighted by Gasteiger charge is -2.18. The van der Waals surface area contributed by atoms with Crippen molar-refractivity contribution >= 4 is 22.4 Å². The van der Waals surface area contributed by atoms with E-state index in [9.17, 15) is 4.21 Å². The van der Waals surface area contributed by atoms with Crippen LogP contribution in [0.2, 0.25) is 0 Å². The first-order chi connectivity index (χ1) is 10.9. The third-order valence-electron chi connectivity index (χ3n) is 3.28. The monoisotopic (exact) mass is 336 g/mol. The van der Waals surface area contributed by atoms with Gasteiger partial charge in [0.25, 0.3) is 0 Å². The minimum absolute atomic E-state index is 0.195. The van der Waals surface area contributed by atoms with Crippen LogP contribution in [0.25, 0.3) is 5.65 Å². The van der Waals surface area contributed by atoms with Crippen molar-refractivity contribution in [3.63, 3.8) is 0 Å². The molecule has 0 amide bonds. The molecular weight excluding hydrogens is 312 g/mol. The molecule has 0 radical (unpaired) electrons. The maximum atomic E-state index is 12.0. The summed E-state index contributed by atoms with van der Waals surface area (Å²) >= 11 is 0. The smallest absolute Gasteiger partial charge is 0.191 e. The SMILES string of the molecule is CN=C(NCCS(=O)C(C)(C)C)NCc1nnc2ccccn12. The number of hydrogen-bond acceptors (Lipinski definition) is 4. The Bertz CT molecular complexity index is 703. The Labute approximate surface area is 139 Å². The van der Waals surface area contributed by atoms with Gasteiger partial charge in [0.15, 0.2) is 17.4 Å². The van der Waals surface area contributed by atoms with Crippen LogP contribution < -0.4 is 10.6 Å². The van der Waals surface area contributed by atoms with Gasteiger partial charge in [0.05, 0.1) is 6.54 Å². The molecule has 23 heavy (non-hydrogen) atoms. The maximum Gasteiger partial charge on any atom is 0.191 e. The van der Waals surface area contributed by atoms with Gasteiger partial charge in [-0.15, -0.1) is 10.2 Å². The van der Waals surface area contributed by atoms with Crippen LogP contribution in [0, 0.1) is 0 Å². The van der Waals surface area contributed by atoms with E-state index in [2.05, 4.69) is 25.8 Å². The van der Waals surface area contributed by atoms with E-state index >= 15 is 0 Å². The molecule has 1 atom stereocenters. The van der Waals surface area contributed by atoms with E-state index < -0.39 is 10.8 Å².